The molecule has 0 bridgehead atoms. The number of alkyl halides is 1. The molecule has 3 rings (SSSR count). The molecule has 0 saturated heterocycles. The van der Waals surface area contributed by atoms with E-state index in [1.165, 1.54) is 0 Å². The Morgan fingerprint density at radius 2 is 1.74 bits per heavy atom. The minimum absolute atomic E-state index is 0.0915. The minimum Gasteiger partial charge on any atom is -0.337 e. The van der Waals surface area contributed by atoms with Crippen LogP contribution in [0, 0.1) is 0 Å². The summed E-state index contributed by atoms with van der Waals surface area (Å²) < 4.78 is 0. The number of hydrogen-bond donors (Lipinski definition) is 1. The molecule has 0 spiro atoms. The molecular weight excluding hydrogens is 281 g/mol. The van der Waals surface area contributed by atoms with Crippen LogP contribution in [0.1, 0.15) is 21.5 Å². The van der Waals surface area contributed by atoms with Crippen molar-refractivity contribution in [1.82, 2.24) is 5.32 Å². The standard InChI is InChI=1S/C15H11Cl2NO/c16-9-15(10-5-7-11(17)8-6-10)13-4-2-1-3-12(13)14(19)18-15/h1-8H,9H2,(H,18,19). The molecule has 19 heavy (non-hydrogen) atoms. The largest absolute Gasteiger partial charge is 0.337 e. The van der Waals surface area contributed by atoms with E-state index in [1.807, 2.05) is 36.4 Å². The van der Waals surface area contributed by atoms with Crippen LogP contribution < -0.4 is 5.32 Å². The summed E-state index contributed by atoms with van der Waals surface area (Å²) in [6.45, 7) is 0. The first-order valence-corrected chi connectivity index (χ1v) is 6.83. The Labute approximate surface area is 121 Å². The molecule has 0 fully saturated rings. The first-order valence-electron chi connectivity index (χ1n) is 5.91. The number of rotatable bonds is 2. The quantitative estimate of drug-likeness (QED) is 0.842. The van der Waals surface area contributed by atoms with E-state index >= 15 is 0 Å². The van der Waals surface area contributed by atoms with E-state index in [-0.39, 0.29) is 11.8 Å². The van der Waals surface area contributed by atoms with Crippen molar-refractivity contribution in [3.8, 4) is 0 Å². The third-order valence-corrected chi connectivity index (χ3v) is 4.15. The normalized spacial score (nSPS) is 21.1. The van der Waals surface area contributed by atoms with Gasteiger partial charge in [-0.2, -0.15) is 0 Å². The van der Waals surface area contributed by atoms with Crippen molar-refractivity contribution in [3.05, 3.63) is 70.2 Å². The van der Waals surface area contributed by atoms with E-state index in [1.54, 1.807) is 12.1 Å². The van der Waals surface area contributed by atoms with Crippen LogP contribution in [0.4, 0.5) is 0 Å². The van der Waals surface area contributed by atoms with Gasteiger partial charge in [0, 0.05) is 10.6 Å². The number of carbonyl (C=O) groups is 1. The van der Waals surface area contributed by atoms with Gasteiger partial charge in [0.25, 0.3) is 5.91 Å². The predicted octanol–water partition coefficient (Wildman–Crippen LogP) is 3.57. The molecule has 0 radical (unpaired) electrons. The van der Waals surface area contributed by atoms with Gasteiger partial charge >= 0.3 is 0 Å². The number of hydrogen-bond acceptors (Lipinski definition) is 1. The summed E-state index contributed by atoms with van der Waals surface area (Å²) in [5.74, 6) is 0.184. The van der Waals surface area contributed by atoms with Crippen molar-refractivity contribution in [3.63, 3.8) is 0 Å². The van der Waals surface area contributed by atoms with Crippen LogP contribution in [-0.2, 0) is 5.54 Å². The van der Waals surface area contributed by atoms with Crippen LogP contribution in [0.2, 0.25) is 5.02 Å². The van der Waals surface area contributed by atoms with Gasteiger partial charge in [0.1, 0.15) is 5.54 Å². The molecule has 0 aliphatic carbocycles. The van der Waals surface area contributed by atoms with Gasteiger partial charge < -0.3 is 5.32 Å². The molecule has 1 unspecified atom stereocenters. The Hall–Kier alpha value is -1.51. The maximum absolute atomic E-state index is 12.1. The molecule has 1 aliphatic rings. The fraction of sp³-hybridized carbons (Fsp3) is 0.133. The van der Waals surface area contributed by atoms with Crippen molar-refractivity contribution in [2.24, 2.45) is 0 Å². The summed E-state index contributed by atoms with van der Waals surface area (Å²) in [4.78, 5) is 12.1. The molecule has 96 valence electrons. The lowest BCUT2D eigenvalue weighted by molar-refractivity contribution is 0.0945. The predicted molar refractivity (Wildman–Crippen MR) is 76.9 cm³/mol. The summed E-state index contributed by atoms with van der Waals surface area (Å²) in [6, 6.07) is 14.9. The van der Waals surface area contributed by atoms with Crippen molar-refractivity contribution >= 4 is 29.1 Å². The highest BCUT2D eigenvalue weighted by molar-refractivity contribution is 6.30. The summed E-state index contributed by atoms with van der Waals surface area (Å²) >= 11 is 12.1. The Kier molecular flexibility index (Phi) is 3.00. The van der Waals surface area contributed by atoms with E-state index in [9.17, 15) is 4.79 Å². The summed E-state index contributed by atoms with van der Waals surface area (Å²) in [5.41, 5.74) is 1.86. The molecule has 0 aromatic heterocycles. The van der Waals surface area contributed by atoms with Crippen LogP contribution >= 0.6 is 23.2 Å². The van der Waals surface area contributed by atoms with Crippen molar-refractivity contribution in [1.29, 1.82) is 0 Å². The molecule has 1 N–H and O–H groups in total. The lowest BCUT2D eigenvalue weighted by atomic mass is 9.85. The van der Waals surface area contributed by atoms with Crippen molar-refractivity contribution in [2.75, 3.05) is 5.88 Å². The third-order valence-electron chi connectivity index (χ3n) is 3.50. The van der Waals surface area contributed by atoms with Crippen LogP contribution in [0.15, 0.2) is 48.5 Å². The Morgan fingerprint density at radius 1 is 1.05 bits per heavy atom. The molecule has 1 heterocycles. The smallest absolute Gasteiger partial charge is 0.252 e. The Balaban J connectivity index is 2.21. The fourth-order valence-electron chi connectivity index (χ4n) is 2.53. The summed E-state index contributed by atoms with van der Waals surface area (Å²) in [5, 5.41) is 3.66. The second-order valence-corrected chi connectivity index (χ2v) is 5.25. The Morgan fingerprint density at radius 3 is 2.42 bits per heavy atom. The molecule has 0 saturated carbocycles. The van der Waals surface area contributed by atoms with Crippen molar-refractivity contribution < 1.29 is 4.79 Å². The van der Waals surface area contributed by atoms with Crippen LogP contribution in [-0.4, -0.2) is 11.8 Å². The maximum Gasteiger partial charge on any atom is 0.252 e. The monoisotopic (exact) mass is 291 g/mol. The number of nitrogens with one attached hydrogen (secondary N) is 1. The molecular formula is C15H11Cl2NO. The topological polar surface area (TPSA) is 29.1 Å². The number of amides is 1. The molecule has 1 atom stereocenters. The van der Waals surface area contributed by atoms with Gasteiger partial charge in [-0.1, -0.05) is 41.9 Å². The van der Waals surface area contributed by atoms with E-state index in [4.69, 9.17) is 23.2 Å². The molecule has 2 nitrogen and oxygen atoms in total. The average molecular weight is 292 g/mol. The maximum atomic E-state index is 12.1. The number of carbonyl (C=O) groups excluding carboxylic acids is 1. The average Bonchev–Trinajstić information content (AvgIpc) is 2.74. The fourth-order valence-corrected chi connectivity index (χ4v) is 3.02. The number of benzene rings is 2. The first-order chi connectivity index (χ1) is 9.17. The van der Waals surface area contributed by atoms with Crippen LogP contribution in [0.25, 0.3) is 0 Å². The minimum atomic E-state index is -0.667. The summed E-state index contributed by atoms with van der Waals surface area (Å²) in [7, 11) is 0. The van der Waals surface area contributed by atoms with E-state index in [0.29, 0.717) is 10.6 Å². The zero-order valence-corrected chi connectivity index (χ0v) is 11.5. The first kappa shape index (κ1) is 12.5. The van der Waals surface area contributed by atoms with E-state index < -0.39 is 5.54 Å². The SMILES string of the molecule is O=C1NC(CCl)(c2ccc(Cl)cc2)c2ccccc21. The highest BCUT2D eigenvalue weighted by atomic mass is 35.5. The molecule has 4 heteroatoms. The van der Waals surface area contributed by atoms with Gasteiger partial charge in [-0.25, -0.2) is 0 Å². The van der Waals surface area contributed by atoms with Crippen molar-refractivity contribution in [2.45, 2.75) is 5.54 Å². The van der Waals surface area contributed by atoms with Gasteiger partial charge in [0.15, 0.2) is 0 Å². The second-order valence-electron chi connectivity index (χ2n) is 4.55. The van der Waals surface area contributed by atoms with Crippen LogP contribution in [0.5, 0.6) is 0 Å². The molecule has 2 aromatic rings. The zero-order valence-electron chi connectivity index (χ0n) is 9.99. The van der Waals surface area contributed by atoms with Gasteiger partial charge in [-0.3, -0.25) is 4.79 Å². The highest BCUT2D eigenvalue weighted by Gasteiger charge is 2.43. The van der Waals surface area contributed by atoms with Gasteiger partial charge in [-0.15, -0.1) is 11.6 Å². The second kappa shape index (κ2) is 4.55. The lowest BCUT2D eigenvalue weighted by Crippen LogP contribution is -2.42. The number of fused-ring (bicyclic) bond motifs is 1. The van der Waals surface area contributed by atoms with Crippen LogP contribution in [0.3, 0.4) is 0 Å². The number of halogens is 2. The van der Waals surface area contributed by atoms with E-state index in [0.717, 1.165) is 11.1 Å². The molecule has 2 aromatic carbocycles. The van der Waals surface area contributed by atoms with Gasteiger partial charge in [-0.05, 0) is 29.3 Å². The van der Waals surface area contributed by atoms with Gasteiger partial charge in [0.05, 0.1) is 5.88 Å². The third kappa shape index (κ3) is 1.83. The molecule has 1 aliphatic heterocycles. The zero-order chi connectivity index (χ0) is 13.5. The lowest BCUT2D eigenvalue weighted by Gasteiger charge is -2.28. The van der Waals surface area contributed by atoms with E-state index in [2.05, 4.69) is 5.32 Å². The summed E-state index contributed by atoms with van der Waals surface area (Å²) in [6.07, 6.45) is 0. The highest BCUT2D eigenvalue weighted by Crippen LogP contribution is 2.38. The molecule has 1 amide bonds. The van der Waals surface area contributed by atoms with Gasteiger partial charge in [0.2, 0.25) is 0 Å². The Bertz CT molecular complexity index is 639.